The number of hydrogen-bond acceptors (Lipinski definition) is 4. The van der Waals surface area contributed by atoms with Crippen molar-refractivity contribution < 1.29 is 9.53 Å². The van der Waals surface area contributed by atoms with E-state index in [2.05, 4.69) is 20.5 Å². The molecule has 0 atom stereocenters. The monoisotopic (exact) mass is 402 g/mol. The molecule has 6 nitrogen and oxygen atoms in total. The van der Waals surface area contributed by atoms with E-state index in [9.17, 15) is 4.79 Å². The molecule has 0 spiro atoms. The van der Waals surface area contributed by atoms with Crippen LogP contribution in [0.15, 0.2) is 72.9 Å². The van der Waals surface area contributed by atoms with Crippen LogP contribution in [0.25, 0.3) is 0 Å². The van der Waals surface area contributed by atoms with Crippen molar-refractivity contribution in [2.75, 3.05) is 23.3 Å². The van der Waals surface area contributed by atoms with Crippen LogP contribution in [0.1, 0.15) is 24.0 Å². The molecule has 30 heavy (non-hydrogen) atoms. The van der Waals surface area contributed by atoms with Crippen LogP contribution < -0.4 is 20.3 Å². The molecule has 2 N–H and O–H groups in total. The summed E-state index contributed by atoms with van der Waals surface area (Å²) in [5.74, 6) is 1.78. The Morgan fingerprint density at radius 3 is 2.60 bits per heavy atom. The Labute approximate surface area is 176 Å². The van der Waals surface area contributed by atoms with Crippen molar-refractivity contribution >= 4 is 17.5 Å². The molecule has 3 aromatic rings. The first kappa shape index (κ1) is 19.8. The van der Waals surface area contributed by atoms with Crippen molar-refractivity contribution in [1.82, 2.24) is 10.3 Å². The van der Waals surface area contributed by atoms with Gasteiger partial charge in [-0.25, -0.2) is 9.78 Å². The number of amides is 2. The molecule has 1 aromatic heterocycles. The Hall–Kier alpha value is -3.54. The van der Waals surface area contributed by atoms with Gasteiger partial charge in [-0.1, -0.05) is 36.4 Å². The lowest BCUT2D eigenvalue weighted by Crippen LogP contribution is -2.29. The maximum absolute atomic E-state index is 12.5. The second-order valence-corrected chi connectivity index (χ2v) is 7.28. The first-order chi connectivity index (χ1) is 14.8. The molecule has 6 heteroatoms. The molecular weight excluding hydrogens is 376 g/mol. The standard InChI is InChI=1S/C24H26N4O2/c29-24(26-17-19-12-13-25-23(16-19)28-14-6-7-15-28)27-22-11-5-4-8-20(22)18-30-21-9-2-1-3-10-21/h1-5,8-13,16H,6-7,14-15,17-18H2,(H2,26,27,29). The molecule has 2 amide bonds. The third kappa shape index (κ3) is 5.29. The Kier molecular flexibility index (Phi) is 6.44. The van der Waals surface area contributed by atoms with Gasteiger partial charge in [0.2, 0.25) is 0 Å². The van der Waals surface area contributed by atoms with Gasteiger partial charge in [0.15, 0.2) is 0 Å². The SMILES string of the molecule is O=C(NCc1ccnc(N2CCCC2)c1)Nc1ccccc1COc1ccccc1. The molecule has 2 aromatic carbocycles. The molecule has 1 aliphatic heterocycles. The lowest BCUT2D eigenvalue weighted by atomic mass is 10.2. The lowest BCUT2D eigenvalue weighted by Gasteiger charge is -2.17. The number of nitrogens with zero attached hydrogens (tertiary/aromatic N) is 2. The van der Waals surface area contributed by atoms with Crippen LogP contribution in [0.3, 0.4) is 0 Å². The van der Waals surface area contributed by atoms with Crippen LogP contribution in [-0.4, -0.2) is 24.1 Å². The molecule has 0 saturated carbocycles. The van der Waals surface area contributed by atoms with Crippen molar-refractivity contribution in [3.63, 3.8) is 0 Å². The van der Waals surface area contributed by atoms with Crippen molar-refractivity contribution in [3.05, 3.63) is 84.1 Å². The maximum Gasteiger partial charge on any atom is 0.319 e. The third-order valence-corrected chi connectivity index (χ3v) is 5.10. The predicted octanol–water partition coefficient (Wildman–Crippen LogP) is 4.58. The second kappa shape index (κ2) is 9.78. The number of pyridine rings is 1. The topological polar surface area (TPSA) is 66.5 Å². The van der Waals surface area contributed by atoms with E-state index in [1.54, 1.807) is 6.20 Å². The number of ether oxygens (including phenoxy) is 1. The number of para-hydroxylation sites is 2. The Bertz CT molecular complexity index is 972. The normalized spacial score (nSPS) is 13.1. The first-order valence-corrected chi connectivity index (χ1v) is 10.3. The fourth-order valence-corrected chi connectivity index (χ4v) is 3.48. The van der Waals surface area contributed by atoms with Gasteiger partial charge in [0.05, 0.1) is 0 Å². The van der Waals surface area contributed by atoms with Crippen molar-refractivity contribution in [2.45, 2.75) is 26.0 Å². The summed E-state index contributed by atoms with van der Waals surface area (Å²) in [5, 5.41) is 5.86. The van der Waals surface area contributed by atoms with Crippen molar-refractivity contribution in [1.29, 1.82) is 0 Å². The summed E-state index contributed by atoms with van der Waals surface area (Å²) in [6.07, 6.45) is 4.22. The molecule has 154 valence electrons. The molecule has 1 saturated heterocycles. The van der Waals surface area contributed by atoms with Gasteiger partial charge in [0, 0.05) is 37.1 Å². The number of hydrogen-bond donors (Lipinski definition) is 2. The van der Waals surface area contributed by atoms with Gasteiger partial charge >= 0.3 is 6.03 Å². The van der Waals surface area contributed by atoms with E-state index in [1.807, 2.05) is 66.7 Å². The molecule has 0 bridgehead atoms. The maximum atomic E-state index is 12.5. The largest absolute Gasteiger partial charge is 0.489 e. The van der Waals surface area contributed by atoms with Crippen LogP contribution in [0, 0.1) is 0 Å². The number of carbonyl (C=O) groups excluding carboxylic acids is 1. The van der Waals surface area contributed by atoms with E-state index < -0.39 is 0 Å². The highest BCUT2D eigenvalue weighted by atomic mass is 16.5. The number of urea groups is 1. The summed E-state index contributed by atoms with van der Waals surface area (Å²) in [6.45, 7) is 2.92. The number of benzene rings is 2. The molecular formula is C24H26N4O2. The minimum atomic E-state index is -0.248. The van der Waals surface area contributed by atoms with E-state index in [0.717, 1.165) is 41.5 Å². The van der Waals surface area contributed by atoms with Crippen LogP contribution in [-0.2, 0) is 13.2 Å². The summed E-state index contributed by atoms with van der Waals surface area (Å²) in [5.41, 5.74) is 2.68. The van der Waals surface area contributed by atoms with E-state index >= 15 is 0 Å². The van der Waals surface area contributed by atoms with E-state index in [0.29, 0.717) is 13.2 Å². The molecule has 1 aliphatic rings. The van der Waals surface area contributed by atoms with Gasteiger partial charge in [-0.3, -0.25) is 0 Å². The molecule has 1 fully saturated rings. The number of aromatic nitrogens is 1. The Balaban J connectivity index is 1.32. The molecule has 4 rings (SSSR count). The zero-order chi connectivity index (χ0) is 20.6. The zero-order valence-corrected chi connectivity index (χ0v) is 16.9. The predicted molar refractivity (Wildman–Crippen MR) is 119 cm³/mol. The zero-order valence-electron chi connectivity index (χ0n) is 16.9. The fourth-order valence-electron chi connectivity index (χ4n) is 3.48. The lowest BCUT2D eigenvalue weighted by molar-refractivity contribution is 0.251. The molecule has 0 radical (unpaired) electrons. The summed E-state index contributed by atoms with van der Waals surface area (Å²) >= 11 is 0. The summed E-state index contributed by atoms with van der Waals surface area (Å²) in [4.78, 5) is 19.2. The Morgan fingerprint density at radius 1 is 1.00 bits per heavy atom. The first-order valence-electron chi connectivity index (χ1n) is 10.3. The average molecular weight is 402 g/mol. The highest BCUT2D eigenvalue weighted by Gasteiger charge is 2.14. The van der Waals surface area contributed by atoms with Crippen molar-refractivity contribution in [2.24, 2.45) is 0 Å². The van der Waals surface area contributed by atoms with Crippen molar-refractivity contribution in [3.8, 4) is 5.75 Å². The number of anilines is 2. The summed E-state index contributed by atoms with van der Waals surface area (Å²) in [6, 6.07) is 21.0. The van der Waals surface area contributed by atoms with Gasteiger partial charge in [-0.05, 0) is 48.7 Å². The van der Waals surface area contributed by atoms with Gasteiger partial charge in [-0.2, -0.15) is 0 Å². The van der Waals surface area contributed by atoms with Crippen LogP contribution in [0.2, 0.25) is 0 Å². The highest BCUT2D eigenvalue weighted by Crippen LogP contribution is 2.20. The summed E-state index contributed by atoms with van der Waals surface area (Å²) in [7, 11) is 0. The smallest absolute Gasteiger partial charge is 0.319 e. The van der Waals surface area contributed by atoms with Gasteiger partial charge in [-0.15, -0.1) is 0 Å². The van der Waals surface area contributed by atoms with Crippen LogP contribution >= 0.6 is 0 Å². The van der Waals surface area contributed by atoms with Gasteiger partial charge < -0.3 is 20.3 Å². The molecule has 2 heterocycles. The number of nitrogens with one attached hydrogen (secondary N) is 2. The number of carbonyl (C=O) groups is 1. The number of rotatable bonds is 7. The van der Waals surface area contributed by atoms with Gasteiger partial charge in [0.25, 0.3) is 0 Å². The molecule has 0 aliphatic carbocycles. The third-order valence-electron chi connectivity index (χ3n) is 5.10. The second-order valence-electron chi connectivity index (χ2n) is 7.28. The minimum absolute atomic E-state index is 0.248. The van der Waals surface area contributed by atoms with E-state index in [4.69, 9.17) is 4.74 Å². The van der Waals surface area contributed by atoms with Gasteiger partial charge in [0.1, 0.15) is 18.2 Å². The highest BCUT2D eigenvalue weighted by molar-refractivity contribution is 5.90. The van der Waals surface area contributed by atoms with Crippen LogP contribution in [0.4, 0.5) is 16.3 Å². The summed E-state index contributed by atoms with van der Waals surface area (Å²) < 4.78 is 5.82. The average Bonchev–Trinajstić information content (AvgIpc) is 3.33. The fraction of sp³-hybridized carbons (Fsp3) is 0.250. The minimum Gasteiger partial charge on any atom is -0.489 e. The van der Waals surface area contributed by atoms with Crippen LogP contribution in [0.5, 0.6) is 5.75 Å². The molecule has 0 unspecified atom stereocenters. The van der Waals surface area contributed by atoms with E-state index in [-0.39, 0.29) is 6.03 Å². The quantitative estimate of drug-likeness (QED) is 0.607. The van der Waals surface area contributed by atoms with E-state index in [1.165, 1.54) is 12.8 Å². The Morgan fingerprint density at radius 2 is 1.77 bits per heavy atom.